The third-order valence-corrected chi connectivity index (χ3v) is 4.73. The second-order valence-electron chi connectivity index (χ2n) is 4.83. The van der Waals surface area contributed by atoms with E-state index in [0.717, 1.165) is 18.2 Å². The third-order valence-electron chi connectivity index (χ3n) is 3.54. The van der Waals surface area contributed by atoms with Crippen LogP contribution in [0.5, 0.6) is 0 Å². The van der Waals surface area contributed by atoms with E-state index in [1.165, 1.54) is 10.6 Å². The van der Waals surface area contributed by atoms with Gasteiger partial charge in [-0.25, -0.2) is 0 Å². The van der Waals surface area contributed by atoms with E-state index in [1.54, 1.807) is 12.3 Å². The number of nitrogens with zero attached hydrogens (tertiary/aromatic N) is 2. The largest absolute Gasteiger partial charge is 0.381 e. The van der Waals surface area contributed by atoms with Gasteiger partial charge >= 0.3 is 11.2 Å². The lowest BCUT2D eigenvalue weighted by atomic mass is 9.82. The van der Waals surface area contributed by atoms with Gasteiger partial charge in [0.15, 0.2) is 0 Å². The summed E-state index contributed by atoms with van der Waals surface area (Å²) in [6, 6.07) is 2.78. The van der Waals surface area contributed by atoms with Crippen LogP contribution in [0.1, 0.15) is 12.8 Å². The summed E-state index contributed by atoms with van der Waals surface area (Å²) >= 11 is 3.49. The molecule has 104 valence electrons. The second-order valence-corrected chi connectivity index (χ2v) is 5.39. The fraction of sp³-hybridized carbons (Fsp3) is 0.583. The Morgan fingerprint density at radius 2 is 2.16 bits per heavy atom. The molecule has 1 fully saturated rings. The fourth-order valence-corrected chi connectivity index (χ4v) is 3.03. The Hall–Kier alpha value is -1.21. The highest BCUT2D eigenvalue weighted by molar-refractivity contribution is 9.09. The van der Waals surface area contributed by atoms with Crippen LogP contribution in [0.3, 0.4) is 0 Å². The molecule has 1 aromatic rings. The Morgan fingerprint density at radius 3 is 2.74 bits per heavy atom. The van der Waals surface area contributed by atoms with Crippen molar-refractivity contribution in [1.29, 1.82) is 0 Å². The lowest BCUT2D eigenvalue weighted by Crippen LogP contribution is -2.38. The van der Waals surface area contributed by atoms with Gasteiger partial charge in [0, 0.05) is 42.8 Å². The van der Waals surface area contributed by atoms with E-state index in [-0.39, 0.29) is 11.1 Å². The summed E-state index contributed by atoms with van der Waals surface area (Å²) in [6.45, 7) is 1.80. The summed E-state index contributed by atoms with van der Waals surface area (Å²) in [5.74, 6) is 0. The van der Waals surface area contributed by atoms with E-state index in [4.69, 9.17) is 4.74 Å². The SMILES string of the molecule is O=c1c([N+](=O)[O-])cccn1CC1(CBr)CCOCC1. The van der Waals surface area contributed by atoms with Crippen molar-refractivity contribution in [3.63, 3.8) is 0 Å². The molecule has 0 N–H and O–H groups in total. The van der Waals surface area contributed by atoms with Crippen LogP contribution >= 0.6 is 15.9 Å². The molecule has 0 spiro atoms. The molecule has 0 amide bonds. The van der Waals surface area contributed by atoms with E-state index < -0.39 is 10.5 Å². The first-order chi connectivity index (χ1) is 9.08. The Balaban J connectivity index is 2.30. The third kappa shape index (κ3) is 3.03. The van der Waals surface area contributed by atoms with Crippen molar-refractivity contribution >= 4 is 21.6 Å². The standard InChI is InChI=1S/C12H15BrN2O4/c13-8-12(3-6-19-7-4-12)9-14-5-1-2-10(11(14)16)15(17)18/h1-2,5H,3-4,6-9H2. The van der Waals surface area contributed by atoms with Gasteiger partial charge in [0.25, 0.3) is 0 Å². The molecule has 0 saturated carbocycles. The maximum atomic E-state index is 12.0. The number of alkyl halides is 1. The fourth-order valence-electron chi connectivity index (χ4n) is 2.29. The predicted octanol–water partition coefficient (Wildman–Crippen LogP) is 1.95. The topological polar surface area (TPSA) is 74.4 Å². The van der Waals surface area contributed by atoms with E-state index in [9.17, 15) is 14.9 Å². The molecule has 1 aromatic heterocycles. The van der Waals surface area contributed by atoms with Crippen LogP contribution in [-0.4, -0.2) is 28.0 Å². The van der Waals surface area contributed by atoms with Crippen LogP contribution in [-0.2, 0) is 11.3 Å². The van der Waals surface area contributed by atoms with Crippen molar-refractivity contribution in [1.82, 2.24) is 4.57 Å². The summed E-state index contributed by atoms with van der Waals surface area (Å²) in [7, 11) is 0. The minimum absolute atomic E-state index is 0.0721. The van der Waals surface area contributed by atoms with E-state index in [0.29, 0.717) is 19.8 Å². The Bertz CT molecular complexity index is 523. The molecule has 2 heterocycles. The van der Waals surface area contributed by atoms with Crippen LogP contribution in [0.15, 0.2) is 23.1 Å². The van der Waals surface area contributed by atoms with Gasteiger partial charge in [0.05, 0.1) is 4.92 Å². The van der Waals surface area contributed by atoms with Crippen LogP contribution in [0.2, 0.25) is 0 Å². The second kappa shape index (κ2) is 5.83. The highest BCUT2D eigenvalue weighted by Gasteiger charge is 2.32. The van der Waals surface area contributed by atoms with Crippen LogP contribution in [0.4, 0.5) is 5.69 Å². The molecule has 2 rings (SSSR count). The van der Waals surface area contributed by atoms with Crippen molar-refractivity contribution in [2.24, 2.45) is 5.41 Å². The Labute approximate surface area is 118 Å². The summed E-state index contributed by atoms with van der Waals surface area (Å²) in [5.41, 5.74) is -0.990. The van der Waals surface area contributed by atoms with Crippen molar-refractivity contribution < 1.29 is 9.66 Å². The number of hydrogen-bond donors (Lipinski definition) is 0. The van der Waals surface area contributed by atoms with Crippen LogP contribution < -0.4 is 5.56 Å². The maximum absolute atomic E-state index is 12.0. The quantitative estimate of drug-likeness (QED) is 0.480. The number of halogens is 1. The summed E-state index contributed by atoms with van der Waals surface area (Å²) in [4.78, 5) is 22.2. The number of aromatic nitrogens is 1. The van der Waals surface area contributed by atoms with Gasteiger partial charge in [0.1, 0.15) is 0 Å². The minimum Gasteiger partial charge on any atom is -0.381 e. The van der Waals surface area contributed by atoms with Crippen molar-refractivity contribution in [3.8, 4) is 0 Å². The molecule has 6 nitrogen and oxygen atoms in total. The van der Waals surface area contributed by atoms with Crippen molar-refractivity contribution in [3.05, 3.63) is 38.8 Å². The van der Waals surface area contributed by atoms with E-state index >= 15 is 0 Å². The van der Waals surface area contributed by atoms with Gasteiger partial charge in [-0.05, 0) is 18.9 Å². The first-order valence-corrected chi connectivity index (χ1v) is 7.18. The van der Waals surface area contributed by atoms with Gasteiger partial charge in [-0.15, -0.1) is 0 Å². The zero-order valence-corrected chi connectivity index (χ0v) is 12.0. The van der Waals surface area contributed by atoms with Crippen LogP contribution in [0, 0.1) is 15.5 Å². The van der Waals surface area contributed by atoms with Crippen molar-refractivity contribution in [2.45, 2.75) is 19.4 Å². The van der Waals surface area contributed by atoms with Gasteiger partial charge in [-0.1, -0.05) is 15.9 Å². The zero-order valence-electron chi connectivity index (χ0n) is 10.4. The molecule has 0 radical (unpaired) electrons. The molecular formula is C12H15BrN2O4. The van der Waals surface area contributed by atoms with Crippen LogP contribution in [0.25, 0.3) is 0 Å². The molecule has 0 bridgehead atoms. The molecule has 0 unspecified atom stereocenters. The molecule has 0 aromatic carbocycles. The average Bonchev–Trinajstić information content (AvgIpc) is 2.42. The highest BCUT2D eigenvalue weighted by Crippen LogP contribution is 2.34. The monoisotopic (exact) mass is 330 g/mol. The smallest absolute Gasteiger partial charge is 0.334 e. The number of hydrogen-bond acceptors (Lipinski definition) is 4. The molecular weight excluding hydrogens is 316 g/mol. The molecule has 1 aliphatic heterocycles. The highest BCUT2D eigenvalue weighted by atomic mass is 79.9. The molecule has 0 aliphatic carbocycles. The van der Waals surface area contributed by atoms with Gasteiger partial charge in [-0.2, -0.15) is 0 Å². The first-order valence-electron chi connectivity index (χ1n) is 6.06. The Kier molecular flexibility index (Phi) is 4.36. The minimum atomic E-state index is -0.635. The summed E-state index contributed by atoms with van der Waals surface area (Å²) in [6.07, 6.45) is 3.29. The summed E-state index contributed by atoms with van der Waals surface area (Å²) in [5, 5.41) is 11.5. The van der Waals surface area contributed by atoms with Gasteiger partial charge in [-0.3, -0.25) is 14.9 Å². The first kappa shape index (κ1) is 14.2. The maximum Gasteiger partial charge on any atom is 0.334 e. The zero-order chi connectivity index (χ0) is 13.9. The molecule has 1 saturated heterocycles. The number of nitro groups is 1. The molecule has 0 atom stereocenters. The number of pyridine rings is 1. The average molecular weight is 331 g/mol. The lowest BCUT2D eigenvalue weighted by Gasteiger charge is -2.35. The molecule has 7 heteroatoms. The van der Waals surface area contributed by atoms with Gasteiger partial charge in [0.2, 0.25) is 0 Å². The number of ether oxygens (including phenoxy) is 1. The summed E-state index contributed by atoms with van der Waals surface area (Å²) < 4.78 is 6.78. The van der Waals surface area contributed by atoms with E-state index in [2.05, 4.69) is 15.9 Å². The van der Waals surface area contributed by atoms with Crippen molar-refractivity contribution in [2.75, 3.05) is 18.5 Å². The predicted molar refractivity (Wildman–Crippen MR) is 73.6 cm³/mol. The van der Waals surface area contributed by atoms with Gasteiger partial charge < -0.3 is 9.30 Å². The molecule has 19 heavy (non-hydrogen) atoms. The Morgan fingerprint density at radius 1 is 1.47 bits per heavy atom. The lowest BCUT2D eigenvalue weighted by molar-refractivity contribution is -0.386. The van der Waals surface area contributed by atoms with E-state index in [1.807, 2.05) is 0 Å². The molecule has 1 aliphatic rings. The number of rotatable bonds is 4. The normalized spacial score (nSPS) is 18.2.